The fourth-order valence-corrected chi connectivity index (χ4v) is 2.55. The fraction of sp³-hybridized carbons (Fsp3) is 0.214. The lowest BCUT2D eigenvalue weighted by Crippen LogP contribution is -2.17. The molecule has 0 N–H and O–H groups in total. The minimum Gasteiger partial charge on any atom is -0.355 e. The summed E-state index contributed by atoms with van der Waals surface area (Å²) in [7, 11) is 2.02. The van der Waals surface area contributed by atoms with Gasteiger partial charge in [0.1, 0.15) is 5.82 Å². The predicted molar refractivity (Wildman–Crippen MR) is 78.7 cm³/mol. The molecule has 102 valence electrons. The molecule has 0 aliphatic rings. The number of hydrogen-bond donors (Lipinski definition) is 0. The van der Waals surface area contributed by atoms with Crippen LogP contribution in [0.4, 0.5) is 5.82 Å². The summed E-state index contributed by atoms with van der Waals surface area (Å²) in [4.78, 5) is 10.7. The fourth-order valence-electron chi connectivity index (χ4n) is 1.89. The summed E-state index contributed by atoms with van der Waals surface area (Å²) in [6.45, 7) is 2.64. The molecule has 0 bridgehead atoms. The highest BCUT2D eigenvalue weighted by molar-refractivity contribution is 7.07. The number of thiophene rings is 1. The zero-order chi connectivity index (χ0) is 13.9. The molecule has 0 aromatic carbocycles. The lowest BCUT2D eigenvalue weighted by Gasteiger charge is -2.17. The average molecular weight is 286 g/mol. The van der Waals surface area contributed by atoms with Gasteiger partial charge in [0.15, 0.2) is 5.82 Å². The Bertz CT molecular complexity index is 676. The number of hydrogen-bond acceptors (Lipinski definition) is 6. The van der Waals surface area contributed by atoms with Crippen molar-refractivity contribution in [3.05, 3.63) is 46.5 Å². The molecule has 0 saturated carbocycles. The van der Waals surface area contributed by atoms with Crippen LogP contribution in [0.15, 0.2) is 39.7 Å². The highest BCUT2D eigenvalue weighted by Gasteiger charge is 2.08. The number of aryl methyl sites for hydroxylation is 1. The van der Waals surface area contributed by atoms with Gasteiger partial charge in [0.2, 0.25) is 0 Å². The van der Waals surface area contributed by atoms with Crippen LogP contribution in [-0.2, 0) is 6.54 Å². The van der Waals surface area contributed by atoms with E-state index in [0.717, 1.165) is 17.9 Å². The van der Waals surface area contributed by atoms with Gasteiger partial charge in [0.05, 0.1) is 5.56 Å². The Morgan fingerprint density at radius 3 is 2.80 bits per heavy atom. The largest absolute Gasteiger partial charge is 0.355 e. The number of anilines is 1. The molecule has 3 aromatic heterocycles. The van der Waals surface area contributed by atoms with Crippen LogP contribution in [0.1, 0.15) is 11.4 Å². The second-order valence-electron chi connectivity index (χ2n) is 4.54. The van der Waals surface area contributed by atoms with Crippen molar-refractivity contribution in [3.63, 3.8) is 0 Å². The van der Waals surface area contributed by atoms with Gasteiger partial charge in [-0.15, -0.1) is 0 Å². The number of rotatable bonds is 4. The van der Waals surface area contributed by atoms with Gasteiger partial charge in [-0.25, -0.2) is 4.98 Å². The Hall–Kier alpha value is -2.21. The van der Waals surface area contributed by atoms with Gasteiger partial charge in [0.25, 0.3) is 5.89 Å². The van der Waals surface area contributed by atoms with Crippen LogP contribution in [0.5, 0.6) is 0 Å². The van der Waals surface area contributed by atoms with E-state index in [0.29, 0.717) is 11.7 Å². The minimum absolute atomic E-state index is 0.502. The summed E-state index contributed by atoms with van der Waals surface area (Å²) in [5.41, 5.74) is 2.12. The van der Waals surface area contributed by atoms with E-state index < -0.39 is 0 Å². The molecule has 0 fully saturated rings. The van der Waals surface area contributed by atoms with Gasteiger partial charge in [-0.1, -0.05) is 5.16 Å². The maximum absolute atomic E-state index is 5.12. The molecule has 0 radical (unpaired) electrons. The van der Waals surface area contributed by atoms with Crippen molar-refractivity contribution < 1.29 is 4.52 Å². The van der Waals surface area contributed by atoms with Crippen molar-refractivity contribution in [2.75, 3.05) is 11.9 Å². The van der Waals surface area contributed by atoms with Gasteiger partial charge in [-0.3, -0.25) is 0 Å². The monoisotopic (exact) mass is 286 g/mol. The number of aromatic nitrogens is 3. The highest BCUT2D eigenvalue weighted by Crippen LogP contribution is 2.20. The minimum atomic E-state index is 0.502. The maximum Gasteiger partial charge on any atom is 0.259 e. The molecule has 0 unspecified atom stereocenters. The summed E-state index contributed by atoms with van der Waals surface area (Å²) in [5.74, 6) is 2.04. The van der Waals surface area contributed by atoms with Crippen LogP contribution in [-0.4, -0.2) is 22.2 Å². The van der Waals surface area contributed by atoms with Crippen molar-refractivity contribution >= 4 is 17.2 Å². The van der Waals surface area contributed by atoms with Crippen LogP contribution in [0.25, 0.3) is 11.5 Å². The standard InChI is InChI=1S/C14H14N4OS/c1-10-16-14(19-17-10)12-3-4-13(15-7-12)18(2)8-11-5-6-20-9-11/h3-7,9H,8H2,1-2H3. The van der Waals surface area contributed by atoms with Crippen LogP contribution in [0.2, 0.25) is 0 Å². The molecular formula is C14H14N4OS. The first-order chi connectivity index (χ1) is 9.72. The highest BCUT2D eigenvalue weighted by atomic mass is 32.1. The molecule has 5 nitrogen and oxygen atoms in total. The summed E-state index contributed by atoms with van der Waals surface area (Å²) in [5, 5.41) is 8.00. The zero-order valence-corrected chi connectivity index (χ0v) is 12.1. The van der Waals surface area contributed by atoms with Crippen LogP contribution >= 0.6 is 11.3 Å². The number of pyridine rings is 1. The van der Waals surface area contributed by atoms with E-state index in [1.807, 2.05) is 19.2 Å². The Balaban J connectivity index is 1.75. The Morgan fingerprint density at radius 2 is 2.20 bits per heavy atom. The van der Waals surface area contributed by atoms with Crippen molar-refractivity contribution in [1.82, 2.24) is 15.1 Å². The molecule has 0 aliphatic heterocycles. The Kier molecular flexibility index (Phi) is 3.47. The second kappa shape index (κ2) is 5.42. The first kappa shape index (κ1) is 12.8. The molecule has 0 aliphatic carbocycles. The van der Waals surface area contributed by atoms with Crippen molar-refractivity contribution in [2.45, 2.75) is 13.5 Å². The van der Waals surface area contributed by atoms with Crippen molar-refractivity contribution in [2.24, 2.45) is 0 Å². The lowest BCUT2D eigenvalue weighted by molar-refractivity contribution is 0.425. The van der Waals surface area contributed by atoms with Gasteiger partial charge in [-0.2, -0.15) is 16.3 Å². The van der Waals surface area contributed by atoms with E-state index in [2.05, 4.69) is 36.9 Å². The molecule has 3 heterocycles. The third-order valence-electron chi connectivity index (χ3n) is 2.91. The van der Waals surface area contributed by atoms with E-state index in [4.69, 9.17) is 4.52 Å². The molecule has 3 aromatic rings. The average Bonchev–Trinajstić information content (AvgIpc) is 3.10. The first-order valence-electron chi connectivity index (χ1n) is 6.21. The van der Waals surface area contributed by atoms with E-state index in [1.165, 1.54) is 5.56 Å². The maximum atomic E-state index is 5.12. The van der Waals surface area contributed by atoms with Crippen LogP contribution < -0.4 is 4.90 Å². The van der Waals surface area contributed by atoms with Crippen LogP contribution in [0, 0.1) is 6.92 Å². The Morgan fingerprint density at radius 1 is 1.30 bits per heavy atom. The third kappa shape index (κ3) is 2.70. The molecule has 3 rings (SSSR count). The van der Waals surface area contributed by atoms with E-state index in [1.54, 1.807) is 24.5 Å². The van der Waals surface area contributed by atoms with Gasteiger partial charge >= 0.3 is 0 Å². The zero-order valence-electron chi connectivity index (χ0n) is 11.3. The molecule has 20 heavy (non-hydrogen) atoms. The summed E-state index contributed by atoms with van der Waals surface area (Å²) < 4.78 is 5.12. The van der Waals surface area contributed by atoms with E-state index >= 15 is 0 Å². The molecular weight excluding hydrogens is 272 g/mol. The first-order valence-corrected chi connectivity index (χ1v) is 7.15. The molecule has 0 atom stereocenters. The second-order valence-corrected chi connectivity index (χ2v) is 5.32. The number of nitrogens with zero attached hydrogens (tertiary/aromatic N) is 4. The summed E-state index contributed by atoms with van der Waals surface area (Å²) in [6.07, 6.45) is 1.76. The summed E-state index contributed by atoms with van der Waals surface area (Å²) in [6, 6.07) is 6.03. The topological polar surface area (TPSA) is 55.1 Å². The van der Waals surface area contributed by atoms with E-state index in [9.17, 15) is 0 Å². The molecule has 0 spiro atoms. The van der Waals surface area contributed by atoms with Gasteiger partial charge in [0, 0.05) is 19.8 Å². The van der Waals surface area contributed by atoms with Crippen molar-refractivity contribution in [1.29, 1.82) is 0 Å². The lowest BCUT2D eigenvalue weighted by atomic mass is 10.2. The summed E-state index contributed by atoms with van der Waals surface area (Å²) >= 11 is 1.70. The third-order valence-corrected chi connectivity index (χ3v) is 3.65. The van der Waals surface area contributed by atoms with Crippen molar-refractivity contribution in [3.8, 4) is 11.5 Å². The molecule has 6 heteroatoms. The SMILES string of the molecule is Cc1noc(-c2ccc(N(C)Cc3ccsc3)nc2)n1. The molecule has 0 saturated heterocycles. The van der Waals surface area contributed by atoms with E-state index in [-0.39, 0.29) is 0 Å². The quantitative estimate of drug-likeness (QED) is 0.737. The van der Waals surface area contributed by atoms with Crippen LogP contribution in [0.3, 0.4) is 0 Å². The smallest absolute Gasteiger partial charge is 0.259 e. The van der Waals surface area contributed by atoms with Gasteiger partial charge in [-0.05, 0) is 41.4 Å². The predicted octanol–water partition coefficient (Wildman–Crippen LogP) is 3.14. The normalized spacial score (nSPS) is 10.7. The molecule has 0 amide bonds. The van der Waals surface area contributed by atoms with Gasteiger partial charge < -0.3 is 9.42 Å². The Labute approximate surface area is 120 Å².